The Bertz CT molecular complexity index is 1300. The lowest BCUT2D eigenvalue weighted by molar-refractivity contribution is -0.109. The number of hydrogen-bond acceptors (Lipinski definition) is 3. The first-order valence-corrected chi connectivity index (χ1v) is 14.3. The lowest BCUT2D eigenvalue weighted by Crippen LogP contribution is -2.11. The molecule has 0 aliphatic heterocycles. The molecular formula is C31H41F2N2OPS. The normalized spacial score (nSPS) is 12.3. The number of allylic oxidation sites excluding steroid dienone is 1. The van der Waals surface area contributed by atoms with Gasteiger partial charge in [0.05, 0.1) is 12.1 Å². The van der Waals surface area contributed by atoms with Crippen LogP contribution in [0.2, 0.25) is 0 Å². The zero-order chi connectivity index (χ0) is 28.7. The molecule has 1 unspecified atom stereocenters. The average molecular weight is 559 g/mol. The summed E-state index contributed by atoms with van der Waals surface area (Å²) in [6.07, 6.45) is 7.75. The van der Waals surface area contributed by atoms with Gasteiger partial charge in [-0.25, -0.2) is 0 Å². The number of rotatable bonds is 9. The molecule has 0 saturated carbocycles. The number of aryl methyl sites for hydroxylation is 1. The van der Waals surface area contributed by atoms with Crippen LogP contribution in [-0.4, -0.2) is 14.9 Å². The van der Waals surface area contributed by atoms with Crippen LogP contribution in [0.1, 0.15) is 83.1 Å². The Hall–Kier alpha value is -2.30. The lowest BCUT2D eigenvalue weighted by atomic mass is 9.86. The summed E-state index contributed by atoms with van der Waals surface area (Å²) in [5.74, 6) is 0. The summed E-state index contributed by atoms with van der Waals surface area (Å²) in [5.41, 5.74) is 1.40. The topological polar surface area (TPSA) is 34.9 Å². The summed E-state index contributed by atoms with van der Waals surface area (Å²) in [4.78, 5) is 12.3. The van der Waals surface area contributed by atoms with E-state index in [0.717, 1.165) is 44.3 Å². The van der Waals surface area contributed by atoms with Gasteiger partial charge in [-0.15, -0.1) is 0 Å². The molecule has 206 valence electrons. The Balaban J connectivity index is 0.000000550. The molecular weight excluding hydrogens is 517 g/mol. The van der Waals surface area contributed by atoms with Gasteiger partial charge < -0.3 is 0 Å². The van der Waals surface area contributed by atoms with Crippen LogP contribution >= 0.6 is 21.0 Å². The van der Waals surface area contributed by atoms with Crippen molar-refractivity contribution in [1.29, 1.82) is 0 Å². The van der Waals surface area contributed by atoms with Gasteiger partial charge in [-0.2, -0.15) is 13.9 Å². The SMILES string of the molecule is C=C(C)/C(=C/c1ccc2nn(Cc3ccc(C)cc3C(F)(F)P)cc2c1)SC(C)=O.CCCC(C)(C)CC. The predicted octanol–water partition coefficient (Wildman–Crippen LogP) is 9.74. The summed E-state index contributed by atoms with van der Waals surface area (Å²) >= 11 is 1.15. The zero-order valence-corrected chi connectivity index (χ0v) is 25.7. The van der Waals surface area contributed by atoms with E-state index in [9.17, 15) is 13.6 Å². The standard InChI is InChI=1S/C23H23F2N2OPS.C8H18/c1-14(2)22(30-16(4)28)11-17-6-8-21-19(10-17)13-27(26-21)12-18-7-5-15(3)9-20(18)23(24,25)29;1-5-7-8(3,4)6-2/h5-11,13H,1,12,29H2,2-4H3;5-7H2,1-4H3/b22-11-;. The molecule has 38 heavy (non-hydrogen) atoms. The van der Waals surface area contributed by atoms with Crippen molar-refractivity contribution in [3.8, 4) is 0 Å². The monoisotopic (exact) mass is 558 g/mol. The van der Waals surface area contributed by atoms with Crippen LogP contribution in [0.3, 0.4) is 0 Å². The number of carbonyl (C=O) groups is 1. The van der Waals surface area contributed by atoms with E-state index < -0.39 is 5.66 Å². The molecule has 0 N–H and O–H groups in total. The molecule has 3 rings (SSSR count). The van der Waals surface area contributed by atoms with Crippen molar-refractivity contribution in [2.24, 2.45) is 5.41 Å². The Morgan fingerprint density at radius 2 is 1.84 bits per heavy atom. The van der Waals surface area contributed by atoms with E-state index in [1.165, 1.54) is 32.3 Å². The van der Waals surface area contributed by atoms with Crippen molar-refractivity contribution in [1.82, 2.24) is 9.78 Å². The van der Waals surface area contributed by atoms with Gasteiger partial charge in [0, 0.05) is 29.0 Å². The Morgan fingerprint density at radius 1 is 1.16 bits per heavy atom. The van der Waals surface area contributed by atoms with Crippen LogP contribution in [0.25, 0.3) is 17.0 Å². The van der Waals surface area contributed by atoms with Crippen LogP contribution in [0.15, 0.2) is 59.7 Å². The molecule has 1 aromatic heterocycles. The average Bonchev–Trinajstić information content (AvgIpc) is 3.21. The van der Waals surface area contributed by atoms with Crippen LogP contribution in [0.5, 0.6) is 0 Å². The number of hydrogen-bond donors (Lipinski definition) is 0. The molecule has 0 amide bonds. The maximum Gasteiger partial charge on any atom is 0.284 e. The highest BCUT2D eigenvalue weighted by Gasteiger charge is 2.28. The van der Waals surface area contributed by atoms with Gasteiger partial charge in [-0.1, -0.05) is 91.9 Å². The van der Waals surface area contributed by atoms with Crippen LogP contribution < -0.4 is 0 Å². The highest BCUT2D eigenvalue weighted by Crippen LogP contribution is 2.37. The van der Waals surface area contributed by atoms with Gasteiger partial charge >= 0.3 is 0 Å². The minimum Gasteiger partial charge on any atom is -0.287 e. The third kappa shape index (κ3) is 9.78. The predicted molar refractivity (Wildman–Crippen MR) is 164 cm³/mol. The molecule has 2 aromatic carbocycles. The summed E-state index contributed by atoms with van der Waals surface area (Å²) in [6.45, 7) is 18.5. The molecule has 0 aliphatic carbocycles. The summed E-state index contributed by atoms with van der Waals surface area (Å²) < 4.78 is 29.7. The van der Waals surface area contributed by atoms with Gasteiger partial charge in [-0.05, 0) is 66.7 Å². The number of benzene rings is 2. The third-order valence-electron chi connectivity index (χ3n) is 6.39. The molecule has 7 heteroatoms. The van der Waals surface area contributed by atoms with Crippen molar-refractivity contribution in [3.63, 3.8) is 0 Å². The number of thioether (sulfide) groups is 1. The third-order valence-corrected chi connectivity index (χ3v) is 7.67. The number of carbonyl (C=O) groups excluding carboxylic acids is 1. The van der Waals surface area contributed by atoms with Crippen molar-refractivity contribution in [2.75, 3.05) is 0 Å². The molecule has 0 saturated heterocycles. The lowest BCUT2D eigenvalue weighted by Gasteiger charge is -2.20. The number of halogens is 2. The first-order valence-electron chi connectivity index (χ1n) is 12.9. The zero-order valence-electron chi connectivity index (χ0n) is 23.7. The maximum absolute atomic E-state index is 14.0. The maximum atomic E-state index is 14.0. The molecule has 1 heterocycles. The minimum absolute atomic E-state index is 0.00191. The van der Waals surface area contributed by atoms with Gasteiger partial charge in [0.15, 0.2) is 5.12 Å². The fourth-order valence-corrected chi connectivity index (χ4v) is 4.93. The Labute approximate surface area is 233 Å². The van der Waals surface area contributed by atoms with E-state index in [1.54, 1.807) is 26.9 Å². The fourth-order valence-electron chi connectivity index (χ4n) is 3.98. The van der Waals surface area contributed by atoms with Crippen molar-refractivity contribution >= 4 is 43.1 Å². The molecule has 0 aliphatic rings. The molecule has 0 radical (unpaired) electrons. The van der Waals surface area contributed by atoms with Gasteiger partial charge in [0.25, 0.3) is 5.66 Å². The number of nitrogens with zero attached hydrogens (tertiary/aromatic N) is 2. The van der Waals surface area contributed by atoms with Gasteiger partial charge in [-0.3, -0.25) is 9.48 Å². The minimum atomic E-state index is -3.00. The van der Waals surface area contributed by atoms with Crippen LogP contribution in [-0.2, 0) is 17.0 Å². The van der Waals surface area contributed by atoms with Crippen molar-refractivity contribution < 1.29 is 13.6 Å². The smallest absolute Gasteiger partial charge is 0.284 e. The molecule has 1 atom stereocenters. The number of fused-ring (bicyclic) bond motifs is 1. The highest BCUT2D eigenvalue weighted by molar-refractivity contribution is 8.17. The largest absolute Gasteiger partial charge is 0.287 e. The highest BCUT2D eigenvalue weighted by atomic mass is 32.2. The van der Waals surface area contributed by atoms with Crippen LogP contribution in [0.4, 0.5) is 8.78 Å². The second-order valence-electron chi connectivity index (χ2n) is 10.6. The van der Waals surface area contributed by atoms with E-state index in [2.05, 4.69) is 39.4 Å². The second-order valence-corrected chi connectivity index (χ2v) is 12.5. The summed E-state index contributed by atoms with van der Waals surface area (Å²) in [6, 6.07) is 10.8. The second kappa shape index (κ2) is 13.7. The number of aromatic nitrogens is 2. The summed E-state index contributed by atoms with van der Waals surface area (Å²) in [5, 5.41) is 5.42. The quantitative estimate of drug-likeness (QED) is 0.194. The van der Waals surface area contributed by atoms with E-state index >= 15 is 0 Å². The number of alkyl halides is 2. The van der Waals surface area contributed by atoms with E-state index in [4.69, 9.17) is 0 Å². The van der Waals surface area contributed by atoms with Crippen molar-refractivity contribution in [3.05, 3.63) is 81.9 Å². The van der Waals surface area contributed by atoms with Crippen LogP contribution in [0, 0.1) is 12.3 Å². The van der Waals surface area contributed by atoms with Crippen molar-refractivity contribution in [2.45, 2.75) is 79.9 Å². The van der Waals surface area contributed by atoms with E-state index in [0.29, 0.717) is 11.0 Å². The fraction of sp³-hybridized carbons (Fsp3) is 0.419. The summed E-state index contributed by atoms with van der Waals surface area (Å²) in [7, 11) is 1.61. The Kier molecular flexibility index (Phi) is 11.5. The molecule has 0 fully saturated rings. The molecule has 0 bridgehead atoms. The first-order chi connectivity index (χ1) is 17.6. The molecule has 0 spiro atoms. The first kappa shape index (κ1) is 31.9. The van der Waals surface area contributed by atoms with Gasteiger partial charge in [0.1, 0.15) is 0 Å². The molecule has 3 aromatic rings. The van der Waals surface area contributed by atoms with Gasteiger partial charge in [0.2, 0.25) is 0 Å². The Morgan fingerprint density at radius 3 is 2.37 bits per heavy atom. The van der Waals surface area contributed by atoms with E-state index in [1.807, 2.05) is 43.5 Å². The molecule has 3 nitrogen and oxygen atoms in total. The van der Waals surface area contributed by atoms with E-state index in [-0.39, 0.29) is 17.2 Å².